The fourth-order valence-corrected chi connectivity index (χ4v) is 7.01. The van der Waals surface area contributed by atoms with Crippen LogP contribution in [-0.2, 0) is 10.5 Å². The van der Waals surface area contributed by atoms with E-state index in [4.69, 9.17) is 11.6 Å². The van der Waals surface area contributed by atoms with E-state index >= 15 is 0 Å². The van der Waals surface area contributed by atoms with Gasteiger partial charge >= 0.3 is 0 Å². The average molecular weight is 569 g/mol. The van der Waals surface area contributed by atoms with Gasteiger partial charge in [-0.25, -0.2) is 4.98 Å². The van der Waals surface area contributed by atoms with Gasteiger partial charge in [0, 0.05) is 10.8 Å². The fraction of sp³-hybridized carbons (Fsp3) is 0.192. The van der Waals surface area contributed by atoms with Crippen LogP contribution >= 0.6 is 46.0 Å². The molecule has 1 aliphatic heterocycles. The number of carbonyl (C=O) groups is 2. The second-order valence-electron chi connectivity index (χ2n) is 8.46. The highest BCUT2D eigenvalue weighted by Gasteiger charge is 2.47. The minimum absolute atomic E-state index is 0.0473. The summed E-state index contributed by atoms with van der Waals surface area (Å²) < 4.78 is 0.662. The summed E-state index contributed by atoms with van der Waals surface area (Å²) >= 11 is 10.5. The molecule has 0 saturated heterocycles. The summed E-state index contributed by atoms with van der Waals surface area (Å²) in [6.07, 6.45) is 0. The van der Waals surface area contributed by atoms with Gasteiger partial charge in [0.05, 0.1) is 27.2 Å². The summed E-state index contributed by atoms with van der Waals surface area (Å²) in [6.45, 7) is 5.57. The maximum absolute atomic E-state index is 13.7. The van der Waals surface area contributed by atoms with Crippen LogP contribution in [0.15, 0.2) is 64.2 Å². The molecule has 5 rings (SSSR count). The number of aliphatic hydroxyl groups is 1. The molecule has 37 heavy (non-hydrogen) atoms. The molecule has 1 N–H and O–H groups in total. The number of hydrogen-bond donors (Lipinski definition) is 1. The van der Waals surface area contributed by atoms with E-state index in [0.717, 1.165) is 10.6 Å². The number of thiazole rings is 1. The van der Waals surface area contributed by atoms with Gasteiger partial charge in [-0.05, 0) is 38.0 Å². The van der Waals surface area contributed by atoms with Crippen LogP contribution in [0.3, 0.4) is 0 Å². The minimum Gasteiger partial charge on any atom is -0.503 e. The van der Waals surface area contributed by atoms with Crippen LogP contribution in [0.4, 0.5) is 5.13 Å². The topological polar surface area (TPSA) is 96.3 Å². The third-order valence-corrected chi connectivity index (χ3v) is 9.39. The molecule has 0 aliphatic carbocycles. The molecule has 1 unspecified atom stereocenters. The zero-order chi connectivity index (χ0) is 26.3. The number of carbonyl (C=O) groups excluding carboxylic acids is 2. The number of thioether (sulfide) groups is 1. The number of aromatic nitrogens is 3. The van der Waals surface area contributed by atoms with E-state index in [2.05, 4.69) is 39.4 Å². The second-order valence-corrected chi connectivity index (χ2v) is 12.3. The molecule has 7 nitrogen and oxygen atoms in total. The monoisotopic (exact) mass is 568 g/mol. The van der Waals surface area contributed by atoms with Crippen LogP contribution in [0.1, 0.15) is 43.1 Å². The summed E-state index contributed by atoms with van der Waals surface area (Å²) in [5.74, 6) is -1.11. The van der Waals surface area contributed by atoms with Crippen LogP contribution in [0.5, 0.6) is 0 Å². The van der Waals surface area contributed by atoms with Crippen LogP contribution in [0.25, 0.3) is 0 Å². The Labute approximate surface area is 230 Å². The Hall–Kier alpha value is -3.05. The highest BCUT2D eigenvalue weighted by molar-refractivity contribution is 8.00. The Morgan fingerprint density at radius 3 is 2.49 bits per heavy atom. The predicted octanol–water partition coefficient (Wildman–Crippen LogP) is 6.65. The highest BCUT2D eigenvalue weighted by atomic mass is 35.5. The summed E-state index contributed by atoms with van der Waals surface area (Å²) in [7, 11) is 0. The molecule has 11 heteroatoms. The molecule has 0 saturated carbocycles. The van der Waals surface area contributed by atoms with Crippen molar-refractivity contribution in [2.45, 2.75) is 36.9 Å². The Kier molecular flexibility index (Phi) is 7.17. The van der Waals surface area contributed by atoms with Crippen LogP contribution in [0, 0.1) is 20.8 Å². The van der Waals surface area contributed by atoms with Gasteiger partial charge in [-0.2, -0.15) is 0 Å². The van der Waals surface area contributed by atoms with E-state index in [1.807, 2.05) is 6.92 Å². The van der Waals surface area contributed by atoms with Crippen molar-refractivity contribution in [1.82, 2.24) is 15.2 Å². The number of anilines is 1. The maximum Gasteiger partial charge on any atom is 0.296 e. The van der Waals surface area contributed by atoms with E-state index in [0.29, 0.717) is 31.2 Å². The Bertz CT molecular complexity index is 1540. The molecule has 2 aromatic carbocycles. The lowest BCUT2D eigenvalue weighted by Crippen LogP contribution is -2.31. The number of aliphatic hydroxyl groups excluding tert-OH is 1. The Morgan fingerprint density at radius 2 is 1.81 bits per heavy atom. The Balaban J connectivity index is 1.51. The standard InChI is InChI=1S/C26H21ClN4O3S3/c1-13-8-10-16(11-9-13)12-35-26-30-29-25(37-26)31-20(17-6-4-5-7-18(17)27)19(22(33)24(31)34)21(32)23-14(2)28-15(3)36-23/h4-11,20,33H,12H2,1-3H3. The first-order chi connectivity index (χ1) is 17.7. The van der Waals surface area contributed by atoms with Crippen molar-refractivity contribution in [2.75, 3.05) is 4.90 Å². The minimum atomic E-state index is -0.960. The molecule has 0 bridgehead atoms. The number of Topliss-reactive ketones (excluding diaryl/α,β-unsaturated/α-hetero) is 1. The quantitative estimate of drug-likeness (QED) is 0.151. The largest absolute Gasteiger partial charge is 0.503 e. The van der Waals surface area contributed by atoms with Crippen LogP contribution in [0.2, 0.25) is 5.02 Å². The van der Waals surface area contributed by atoms with Crippen molar-refractivity contribution in [1.29, 1.82) is 0 Å². The van der Waals surface area contributed by atoms with Gasteiger partial charge < -0.3 is 5.11 Å². The third-order valence-electron chi connectivity index (χ3n) is 5.85. The molecule has 4 aromatic rings. The van der Waals surface area contributed by atoms with E-state index in [1.54, 1.807) is 38.1 Å². The van der Waals surface area contributed by atoms with Gasteiger partial charge in [-0.1, -0.05) is 82.7 Å². The van der Waals surface area contributed by atoms with Gasteiger partial charge in [0.25, 0.3) is 5.91 Å². The van der Waals surface area contributed by atoms with Crippen molar-refractivity contribution in [3.05, 3.63) is 97.2 Å². The molecule has 3 heterocycles. The summed E-state index contributed by atoms with van der Waals surface area (Å²) in [6, 6.07) is 14.2. The molecule has 1 amide bonds. The van der Waals surface area contributed by atoms with Gasteiger partial charge in [-0.3, -0.25) is 14.5 Å². The molecular weight excluding hydrogens is 548 g/mol. The normalized spacial score (nSPS) is 15.6. The summed E-state index contributed by atoms with van der Waals surface area (Å²) in [4.78, 5) is 33.1. The Morgan fingerprint density at radius 1 is 1.08 bits per heavy atom. The lowest BCUT2D eigenvalue weighted by atomic mass is 9.95. The number of halogens is 1. The molecule has 1 aliphatic rings. The van der Waals surface area contributed by atoms with Gasteiger partial charge in [0.15, 0.2) is 10.1 Å². The van der Waals surface area contributed by atoms with E-state index in [9.17, 15) is 14.7 Å². The summed E-state index contributed by atoms with van der Waals surface area (Å²) in [5.41, 5.74) is 3.33. The van der Waals surface area contributed by atoms with Gasteiger partial charge in [-0.15, -0.1) is 21.5 Å². The summed E-state index contributed by atoms with van der Waals surface area (Å²) in [5, 5.41) is 20.8. The lowest BCUT2D eigenvalue weighted by Gasteiger charge is -2.24. The number of rotatable bonds is 7. The smallest absolute Gasteiger partial charge is 0.296 e. The van der Waals surface area contributed by atoms with Crippen LogP contribution < -0.4 is 4.90 Å². The van der Waals surface area contributed by atoms with E-state index in [-0.39, 0.29) is 10.7 Å². The van der Waals surface area contributed by atoms with E-state index in [1.165, 1.54) is 44.9 Å². The predicted molar refractivity (Wildman–Crippen MR) is 148 cm³/mol. The number of aryl methyl sites for hydroxylation is 3. The van der Waals surface area contributed by atoms with Crippen molar-refractivity contribution in [3.63, 3.8) is 0 Å². The first-order valence-corrected chi connectivity index (χ1v) is 14.3. The molecule has 0 spiro atoms. The molecule has 2 aromatic heterocycles. The molecule has 188 valence electrons. The zero-order valence-corrected chi connectivity index (χ0v) is 23.3. The fourth-order valence-electron chi connectivity index (χ4n) is 4.08. The molecule has 1 atom stereocenters. The van der Waals surface area contributed by atoms with Gasteiger partial charge in [0.1, 0.15) is 0 Å². The second kappa shape index (κ2) is 10.4. The van der Waals surface area contributed by atoms with Gasteiger partial charge in [0.2, 0.25) is 10.9 Å². The third kappa shape index (κ3) is 4.94. The number of benzene rings is 2. The van der Waals surface area contributed by atoms with E-state index < -0.39 is 23.5 Å². The molecule has 0 fully saturated rings. The molecular formula is C26H21ClN4O3S3. The van der Waals surface area contributed by atoms with Crippen molar-refractivity contribution >= 4 is 62.9 Å². The first kappa shape index (κ1) is 25.6. The molecule has 0 radical (unpaired) electrons. The van der Waals surface area contributed by atoms with Crippen molar-refractivity contribution < 1.29 is 14.7 Å². The maximum atomic E-state index is 13.7. The SMILES string of the molecule is Cc1ccc(CSc2nnc(N3C(=O)C(O)=C(C(=O)c4sc(C)nc4C)C3c3ccccc3Cl)s2)cc1. The number of nitrogens with zero attached hydrogens (tertiary/aromatic N) is 4. The van der Waals surface area contributed by atoms with Crippen molar-refractivity contribution in [2.24, 2.45) is 0 Å². The number of hydrogen-bond acceptors (Lipinski definition) is 9. The highest BCUT2D eigenvalue weighted by Crippen LogP contribution is 2.46. The van der Waals surface area contributed by atoms with Crippen molar-refractivity contribution in [3.8, 4) is 0 Å². The first-order valence-electron chi connectivity index (χ1n) is 11.3. The lowest BCUT2D eigenvalue weighted by molar-refractivity contribution is -0.117. The van der Waals surface area contributed by atoms with Crippen LogP contribution in [-0.4, -0.2) is 32.0 Å². The number of amides is 1. The number of ketones is 1. The zero-order valence-electron chi connectivity index (χ0n) is 20.1. The average Bonchev–Trinajstić information content (AvgIpc) is 3.55.